The third-order valence-corrected chi connectivity index (χ3v) is 3.05. The molecule has 0 aliphatic carbocycles. The van der Waals surface area contributed by atoms with E-state index in [0.717, 1.165) is 18.8 Å². The molecule has 0 atom stereocenters. The quantitative estimate of drug-likeness (QED) is 0.818. The Hall–Kier alpha value is -1.61. The average molecular weight is 243 g/mol. The molecule has 0 aliphatic heterocycles. The highest BCUT2D eigenvalue weighted by Gasteiger charge is 2.06. The van der Waals surface area contributed by atoms with E-state index in [1.54, 1.807) is 0 Å². The van der Waals surface area contributed by atoms with Crippen molar-refractivity contribution in [3.63, 3.8) is 0 Å². The first kappa shape index (κ1) is 12.8. The molecule has 0 radical (unpaired) electrons. The van der Waals surface area contributed by atoms with Gasteiger partial charge in [0.25, 0.3) is 0 Å². The average Bonchev–Trinajstić information content (AvgIpc) is 2.78. The zero-order valence-electron chi connectivity index (χ0n) is 11.4. The predicted octanol–water partition coefficient (Wildman–Crippen LogP) is 2.90. The van der Waals surface area contributed by atoms with Gasteiger partial charge in [0, 0.05) is 25.4 Å². The molecule has 0 amide bonds. The molecule has 0 fully saturated rings. The van der Waals surface area contributed by atoms with Crippen molar-refractivity contribution in [3.05, 3.63) is 41.6 Å². The van der Waals surface area contributed by atoms with Gasteiger partial charge in [0.2, 0.25) is 0 Å². The van der Waals surface area contributed by atoms with E-state index in [-0.39, 0.29) is 0 Å². The molecule has 0 saturated carbocycles. The Balaban J connectivity index is 2.21. The van der Waals surface area contributed by atoms with Crippen LogP contribution in [0.1, 0.15) is 24.5 Å². The first-order valence-corrected chi connectivity index (χ1v) is 6.51. The zero-order chi connectivity index (χ0) is 13.0. The first-order valence-electron chi connectivity index (χ1n) is 6.51. The molecule has 0 unspecified atom stereocenters. The lowest BCUT2D eigenvalue weighted by molar-refractivity contribution is 0.675. The van der Waals surface area contributed by atoms with Crippen LogP contribution in [-0.2, 0) is 13.6 Å². The Bertz CT molecular complexity index is 514. The van der Waals surface area contributed by atoms with Crippen molar-refractivity contribution in [3.8, 4) is 11.3 Å². The fraction of sp³-hybridized carbons (Fsp3) is 0.400. The number of nitrogens with one attached hydrogen (secondary N) is 1. The van der Waals surface area contributed by atoms with Gasteiger partial charge in [-0.05, 0) is 43.1 Å². The number of nitrogens with zero attached hydrogens (tertiary/aromatic N) is 2. The van der Waals surface area contributed by atoms with E-state index in [2.05, 4.69) is 48.5 Å². The van der Waals surface area contributed by atoms with Crippen molar-refractivity contribution in [1.82, 2.24) is 15.1 Å². The molecular weight excluding hydrogens is 222 g/mol. The molecule has 3 heteroatoms. The van der Waals surface area contributed by atoms with Crippen LogP contribution in [-0.4, -0.2) is 16.3 Å². The van der Waals surface area contributed by atoms with Crippen molar-refractivity contribution in [2.45, 2.75) is 26.8 Å². The third-order valence-electron chi connectivity index (χ3n) is 3.05. The molecule has 1 aromatic heterocycles. The summed E-state index contributed by atoms with van der Waals surface area (Å²) in [5.41, 5.74) is 4.86. The molecule has 0 bridgehead atoms. The van der Waals surface area contributed by atoms with Crippen molar-refractivity contribution in [2.75, 3.05) is 6.54 Å². The summed E-state index contributed by atoms with van der Waals surface area (Å²) in [6.45, 7) is 6.30. The van der Waals surface area contributed by atoms with E-state index in [1.165, 1.54) is 23.1 Å². The summed E-state index contributed by atoms with van der Waals surface area (Å²) in [6, 6.07) is 8.66. The Morgan fingerprint density at radius 3 is 2.78 bits per heavy atom. The second-order valence-electron chi connectivity index (χ2n) is 4.70. The minimum atomic E-state index is 0.925. The molecular formula is C15H21N3. The van der Waals surface area contributed by atoms with Crippen LogP contribution in [0.5, 0.6) is 0 Å². The van der Waals surface area contributed by atoms with Gasteiger partial charge in [-0.1, -0.05) is 19.1 Å². The van der Waals surface area contributed by atoms with Crippen LogP contribution in [0.4, 0.5) is 0 Å². The zero-order valence-corrected chi connectivity index (χ0v) is 11.4. The lowest BCUT2D eigenvalue weighted by atomic mass is 10.0. The largest absolute Gasteiger partial charge is 0.313 e. The molecule has 18 heavy (non-hydrogen) atoms. The first-order chi connectivity index (χ1) is 8.70. The summed E-state index contributed by atoms with van der Waals surface area (Å²) in [7, 11) is 1.95. The van der Waals surface area contributed by atoms with Crippen molar-refractivity contribution >= 4 is 0 Å². The number of rotatable bonds is 5. The highest BCUT2D eigenvalue weighted by molar-refractivity contribution is 5.63. The van der Waals surface area contributed by atoms with Crippen LogP contribution >= 0.6 is 0 Å². The number of aromatic nitrogens is 2. The summed E-state index contributed by atoms with van der Waals surface area (Å²) in [5, 5.41) is 7.90. The topological polar surface area (TPSA) is 29.9 Å². The second kappa shape index (κ2) is 5.83. The molecule has 1 aromatic carbocycles. The maximum Gasteiger partial charge on any atom is 0.0925 e. The van der Waals surface area contributed by atoms with Crippen molar-refractivity contribution in [2.24, 2.45) is 7.05 Å². The van der Waals surface area contributed by atoms with Gasteiger partial charge in [-0.2, -0.15) is 5.10 Å². The molecule has 0 aliphatic rings. The maximum atomic E-state index is 4.48. The van der Waals surface area contributed by atoms with E-state index in [9.17, 15) is 0 Å². The minimum Gasteiger partial charge on any atom is -0.313 e. The number of aryl methyl sites for hydroxylation is 2. The van der Waals surface area contributed by atoms with Gasteiger partial charge in [0.05, 0.1) is 5.69 Å². The molecule has 96 valence electrons. The van der Waals surface area contributed by atoms with Crippen LogP contribution < -0.4 is 5.32 Å². The minimum absolute atomic E-state index is 0.925. The summed E-state index contributed by atoms with van der Waals surface area (Å²) >= 11 is 0. The maximum absolute atomic E-state index is 4.48. The number of hydrogen-bond donors (Lipinski definition) is 1. The van der Waals surface area contributed by atoms with Crippen LogP contribution in [0.2, 0.25) is 0 Å². The lowest BCUT2D eigenvalue weighted by Crippen LogP contribution is -2.13. The van der Waals surface area contributed by atoms with Crippen LogP contribution in [0.15, 0.2) is 30.5 Å². The molecule has 0 saturated heterocycles. The van der Waals surface area contributed by atoms with E-state index in [1.807, 2.05) is 17.9 Å². The third kappa shape index (κ3) is 2.99. The Morgan fingerprint density at radius 1 is 1.28 bits per heavy atom. The van der Waals surface area contributed by atoms with Gasteiger partial charge in [0.1, 0.15) is 0 Å². The highest BCUT2D eigenvalue weighted by Crippen LogP contribution is 2.22. The lowest BCUT2D eigenvalue weighted by Gasteiger charge is -2.08. The van der Waals surface area contributed by atoms with Crippen LogP contribution in [0.3, 0.4) is 0 Å². The predicted molar refractivity (Wildman–Crippen MR) is 75.4 cm³/mol. The van der Waals surface area contributed by atoms with E-state index < -0.39 is 0 Å². The van der Waals surface area contributed by atoms with Crippen LogP contribution in [0, 0.1) is 6.92 Å². The normalized spacial score (nSPS) is 10.8. The monoisotopic (exact) mass is 243 g/mol. The second-order valence-corrected chi connectivity index (χ2v) is 4.70. The Labute approximate surface area is 109 Å². The van der Waals surface area contributed by atoms with Gasteiger partial charge in [-0.15, -0.1) is 0 Å². The van der Waals surface area contributed by atoms with Gasteiger partial charge >= 0.3 is 0 Å². The van der Waals surface area contributed by atoms with Gasteiger partial charge in [0.15, 0.2) is 0 Å². The van der Waals surface area contributed by atoms with Crippen molar-refractivity contribution in [1.29, 1.82) is 0 Å². The molecule has 1 heterocycles. The summed E-state index contributed by atoms with van der Waals surface area (Å²) in [4.78, 5) is 0. The summed E-state index contributed by atoms with van der Waals surface area (Å²) in [5.74, 6) is 0. The van der Waals surface area contributed by atoms with Gasteiger partial charge < -0.3 is 5.32 Å². The fourth-order valence-electron chi connectivity index (χ4n) is 2.02. The highest BCUT2D eigenvalue weighted by atomic mass is 15.2. The molecule has 3 nitrogen and oxygen atoms in total. The Morgan fingerprint density at radius 2 is 2.11 bits per heavy atom. The summed E-state index contributed by atoms with van der Waals surface area (Å²) in [6.07, 6.45) is 3.15. The molecule has 0 spiro atoms. The molecule has 2 aromatic rings. The fourth-order valence-corrected chi connectivity index (χ4v) is 2.02. The van der Waals surface area contributed by atoms with E-state index >= 15 is 0 Å². The smallest absolute Gasteiger partial charge is 0.0925 e. The van der Waals surface area contributed by atoms with E-state index in [0.29, 0.717) is 0 Å². The van der Waals surface area contributed by atoms with Crippen LogP contribution in [0.25, 0.3) is 11.3 Å². The molecule has 1 N–H and O–H groups in total. The van der Waals surface area contributed by atoms with Gasteiger partial charge in [-0.3, -0.25) is 4.68 Å². The molecule has 2 rings (SSSR count). The van der Waals surface area contributed by atoms with Crippen molar-refractivity contribution < 1.29 is 0 Å². The Kier molecular flexibility index (Phi) is 4.15. The standard InChI is InChI=1S/C15H21N3/c1-4-8-16-11-13-6-5-12(2)14(10-13)15-7-9-18(3)17-15/h5-7,9-10,16H,4,8,11H2,1-3H3. The number of benzene rings is 1. The van der Waals surface area contributed by atoms with Gasteiger partial charge in [-0.25, -0.2) is 0 Å². The van der Waals surface area contributed by atoms with E-state index in [4.69, 9.17) is 0 Å². The number of hydrogen-bond acceptors (Lipinski definition) is 2. The summed E-state index contributed by atoms with van der Waals surface area (Å²) < 4.78 is 1.84. The SMILES string of the molecule is CCCNCc1ccc(C)c(-c2ccn(C)n2)c1.